The number of anilines is 2. The molecule has 168 valence electrons. The number of phenolic OH excluding ortho intramolecular Hbond substituents is 1. The minimum atomic E-state index is -0.100. The maximum Gasteiger partial charge on any atom is 0.152 e. The van der Waals surface area contributed by atoms with Gasteiger partial charge >= 0.3 is 0 Å². The Morgan fingerprint density at radius 3 is 2.48 bits per heavy atom. The first-order valence-electron chi connectivity index (χ1n) is 11.2. The van der Waals surface area contributed by atoms with Crippen LogP contribution in [0.1, 0.15) is 18.4 Å². The van der Waals surface area contributed by atoms with E-state index < -0.39 is 0 Å². The van der Waals surface area contributed by atoms with E-state index in [1.54, 1.807) is 12.1 Å². The van der Waals surface area contributed by atoms with Gasteiger partial charge in [-0.25, -0.2) is 0 Å². The molecule has 1 aliphatic rings. The number of benzene rings is 3. The van der Waals surface area contributed by atoms with E-state index in [0.717, 1.165) is 46.4 Å². The van der Waals surface area contributed by atoms with Gasteiger partial charge in [-0.15, -0.1) is 0 Å². The standard InChI is InChI=1S/C27H25Cl2N3O/c28-23-16-20(17-24(29)27(23)33)19-6-7-25-22(15-19)26(8-10-30-25)31-21-5-3-4-18(14-21)9-13-32-11-1-2-12-32/h3-8,10,14-17,33H,1-2,9,11-13H2,(H,30,31). The van der Waals surface area contributed by atoms with Gasteiger partial charge in [0.05, 0.1) is 15.6 Å². The number of likely N-dealkylation sites (tertiary alicyclic amines) is 1. The Bertz CT molecular complexity index is 1280. The summed E-state index contributed by atoms with van der Waals surface area (Å²) in [6.45, 7) is 3.56. The zero-order chi connectivity index (χ0) is 22.8. The predicted octanol–water partition coefficient (Wildman–Crippen LogP) is 7.30. The molecule has 1 fully saturated rings. The van der Waals surface area contributed by atoms with Crippen molar-refractivity contribution in [2.45, 2.75) is 19.3 Å². The molecule has 0 amide bonds. The van der Waals surface area contributed by atoms with Gasteiger partial charge in [0.25, 0.3) is 0 Å². The molecule has 2 N–H and O–H groups in total. The molecule has 0 atom stereocenters. The molecule has 1 aliphatic heterocycles. The monoisotopic (exact) mass is 477 g/mol. The number of nitrogens with one attached hydrogen (secondary N) is 1. The number of hydrogen-bond acceptors (Lipinski definition) is 4. The fraction of sp³-hybridized carbons (Fsp3) is 0.222. The third-order valence-electron chi connectivity index (χ3n) is 6.21. The lowest BCUT2D eigenvalue weighted by Gasteiger charge is -2.15. The predicted molar refractivity (Wildman–Crippen MR) is 138 cm³/mol. The van der Waals surface area contributed by atoms with E-state index in [4.69, 9.17) is 23.2 Å². The first-order chi connectivity index (χ1) is 16.1. The quantitative estimate of drug-likeness (QED) is 0.305. The molecule has 4 aromatic rings. The van der Waals surface area contributed by atoms with Crippen LogP contribution in [-0.4, -0.2) is 34.6 Å². The minimum Gasteiger partial charge on any atom is -0.505 e. The second-order valence-corrected chi connectivity index (χ2v) is 9.32. The van der Waals surface area contributed by atoms with Crippen LogP contribution in [0.25, 0.3) is 22.0 Å². The van der Waals surface area contributed by atoms with Crippen molar-refractivity contribution in [1.82, 2.24) is 9.88 Å². The van der Waals surface area contributed by atoms with Crippen molar-refractivity contribution in [1.29, 1.82) is 0 Å². The minimum absolute atomic E-state index is 0.100. The highest BCUT2D eigenvalue weighted by molar-refractivity contribution is 6.37. The summed E-state index contributed by atoms with van der Waals surface area (Å²) in [4.78, 5) is 7.06. The molecule has 0 radical (unpaired) electrons. The fourth-order valence-electron chi connectivity index (χ4n) is 4.42. The highest BCUT2D eigenvalue weighted by Crippen LogP contribution is 2.38. The van der Waals surface area contributed by atoms with Crippen LogP contribution in [0.15, 0.2) is 66.9 Å². The van der Waals surface area contributed by atoms with Crippen LogP contribution in [0.5, 0.6) is 5.75 Å². The van der Waals surface area contributed by atoms with Crippen molar-refractivity contribution >= 4 is 45.5 Å². The maximum atomic E-state index is 9.89. The first-order valence-corrected chi connectivity index (χ1v) is 12.0. The van der Waals surface area contributed by atoms with Crippen LogP contribution in [0.2, 0.25) is 10.0 Å². The van der Waals surface area contributed by atoms with Gasteiger partial charge in [-0.2, -0.15) is 0 Å². The van der Waals surface area contributed by atoms with Crippen LogP contribution in [0.3, 0.4) is 0 Å². The van der Waals surface area contributed by atoms with Crippen LogP contribution < -0.4 is 5.32 Å². The van der Waals surface area contributed by atoms with Crippen molar-refractivity contribution in [3.63, 3.8) is 0 Å². The van der Waals surface area contributed by atoms with Crippen molar-refractivity contribution < 1.29 is 5.11 Å². The lowest BCUT2D eigenvalue weighted by molar-refractivity contribution is 0.343. The zero-order valence-corrected chi connectivity index (χ0v) is 19.7. The highest BCUT2D eigenvalue weighted by atomic mass is 35.5. The summed E-state index contributed by atoms with van der Waals surface area (Å²) in [7, 11) is 0. The molecule has 1 saturated heterocycles. The highest BCUT2D eigenvalue weighted by Gasteiger charge is 2.12. The molecule has 2 heterocycles. The van der Waals surface area contributed by atoms with Crippen LogP contribution in [0.4, 0.5) is 11.4 Å². The van der Waals surface area contributed by atoms with Gasteiger partial charge in [0, 0.05) is 29.5 Å². The zero-order valence-electron chi connectivity index (χ0n) is 18.2. The third-order valence-corrected chi connectivity index (χ3v) is 6.79. The van der Waals surface area contributed by atoms with Crippen LogP contribution in [-0.2, 0) is 6.42 Å². The number of pyridine rings is 1. The second-order valence-electron chi connectivity index (χ2n) is 8.50. The number of halogens is 2. The van der Waals surface area contributed by atoms with E-state index in [2.05, 4.69) is 45.5 Å². The van der Waals surface area contributed by atoms with Crippen molar-refractivity contribution in [2.75, 3.05) is 25.0 Å². The molecule has 0 bridgehead atoms. The Morgan fingerprint density at radius 2 is 1.70 bits per heavy atom. The summed E-state index contributed by atoms with van der Waals surface area (Å²) in [6.07, 6.45) is 5.51. The molecule has 1 aromatic heterocycles. The molecule has 6 heteroatoms. The lowest BCUT2D eigenvalue weighted by atomic mass is 10.0. The number of phenols is 1. The Hall–Kier alpha value is -2.79. The summed E-state index contributed by atoms with van der Waals surface area (Å²) in [5, 5.41) is 14.9. The number of rotatable bonds is 6. The lowest BCUT2D eigenvalue weighted by Crippen LogP contribution is -2.21. The van der Waals surface area contributed by atoms with Gasteiger partial charge in [-0.3, -0.25) is 4.98 Å². The number of aromatic nitrogens is 1. The summed E-state index contributed by atoms with van der Waals surface area (Å²) in [6, 6.07) is 20.1. The normalized spacial score (nSPS) is 14.1. The smallest absolute Gasteiger partial charge is 0.152 e. The molecule has 4 nitrogen and oxygen atoms in total. The second kappa shape index (κ2) is 9.60. The van der Waals surface area contributed by atoms with Gasteiger partial charge in [-0.1, -0.05) is 41.4 Å². The van der Waals surface area contributed by atoms with E-state index in [9.17, 15) is 5.11 Å². The van der Waals surface area contributed by atoms with E-state index in [1.165, 1.54) is 31.5 Å². The molecule has 0 spiro atoms. The largest absolute Gasteiger partial charge is 0.505 e. The third kappa shape index (κ3) is 4.93. The van der Waals surface area contributed by atoms with Crippen molar-refractivity contribution in [3.8, 4) is 16.9 Å². The molecule has 3 aromatic carbocycles. The molecule has 5 rings (SSSR count). The first kappa shape index (κ1) is 22.0. The maximum absolute atomic E-state index is 9.89. The molecule has 33 heavy (non-hydrogen) atoms. The number of aromatic hydroxyl groups is 1. The van der Waals surface area contributed by atoms with E-state index in [0.29, 0.717) is 0 Å². The van der Waals surface area contributed by atoms with Gasteiger partial charge in [0.1, 0.15) is 0 Å². The molecule has 0 unspecified atom stereocenters. The van der Waals surface area contributed by atoms with E-state index >= 15 is 0 Å². The number of hydrogen-bond donors (Lipinski definition) is 2. The van der Waals surface area contributed by atoms with Gasteiger partial charge < -0.3 is 15.3 Å². The number of fused-ring (bicyclic) bond motifs is 1. The van der Waals surface area contributed by atoms with Gasteiger partial charge in [0.2, 0.25) is 0 Å². The summed E-state index contributed by atoms with van der Waals surface area (Å²) in [5.74, 6) is -0.100. The van der Waals surface area contributed by atoms with Crippen LogP contribution >= 0.6 is 23.2 Å². The number of nitrogens with zero attached hydrogens (tertiary/aromatic N) is 2. The Labute approximate surface area is 203 Å². The Morgan fingerprint density at radius 1 is 0.909 bits per heavy atom. The molecule has 0 aliphatic carbocycles. The Kier molecular flexibility index (Phi) is 6.41. The van der Waals surface area contributed by atoms with Gasteiger partial charge in [0.15, 0.2) is 5.75 Å². The summed E-state index contributed by atoms with van der Waals surface area (Å²) in [5.41, 5.74) is 6.05. The van der Waals surface area contributed by atoms with Crippen molar-refractivity contribution in [3.05, 3.63) is 82.5 Å². The van der Waals surface area contributed by atoms with Gasteiger partial charge in [-0.05, 0) is 91.5 Å². The topological polar surface area (TPSA) is 48.4 Å². The SMILES string of the molecule is Oc1c(Cl)cc(-c2ccc3nccc(Nc4cccc(CCN5CCCC5)c4)c3c2)cc1Cl. The molecular weight excluding hydrogens is 453 g/mol. The van der Waals surface area contributed by atoms with E-state index in [1.807, 2.05) is 24.4 Å². The average molecular weight is 478 g/mol. The molecule has 0 saturated carbocycles. The fourth-order valence-corrected chi connectivity index (χ4v) is 4.91. The summed E-state index contributed by atoms with van der Waals surface area (Å²) >= 11 is 12.3. The Balaban J connectivity index is 1.43. The van der Waals surface area contributed by atoms with Crippen LogP contribution in [0, 0.1) is 0 Å². The average Bonchev–Trinajstić information content (AvgIpc) is 3.35. The van der Waals surface area contributed by atoms with Crippen molar-refractivity contribution in [2.24, 2.45) is 0 Å². The molecular formula is C27H25Cl2N3O. The van der Waals surface area contributed by atoms with E-state index in [-0.39, 0.29) is 15.8 Å². The summed E-state index contributed by atoms with van der Waals surface area (Å²) < 4.78 is 0.